The lowest BCUT2D eigenvalue weighted by molar-refractivity contribution is -0.137. The van der Waals surface area contributed by atoms with Crippen molar-refractivity contribution in [1.82, 2.24) is 9.21 Å². The molecule has 1 saturated heterocycles. The summed E-state index contributed by atoms with van der Waals surface area (Å²) in [5, 5.41) is 2.75. The van der Waals surface area contributed by atoms with Crippen molar-refractivity contribution in [2.45, 2.75) is 36.9 Å². The van der Waals surface area contributed by atoms with Crippen LogP contribution in [0.4, 0.5) is 18.9 Å². The molecule has 0 spiro atoms. The fraction of sp³-hybridized carbons (Fsp3) is 0.409. The number of benzene rings is 2. The van der Waals surface area contributed by atoms with Gasteiger partial charge in [0, 0.05) is 38.3 Å². The number of hydrogen-bond donors (Lipinski definition) is 1. The van der Waals surface area contributed by atoms with E-state index in [0.29, 0.717) is 57.7 Å². The molecular formula is C22H24F3N3O3S. The van der Waals surface area contributed by atoms with Crippen LogP contribution in [0.2, 0.25) is 0 Å². The summed E-state index contributed by atoms with van der Waals surface area (Å²) in [5.41, 5.74) is 1.54. The molecule has 1 N–H and O–H groups in total. The summed E-state index contributed by atoms with van der Waals surface area (Å²) in [7, 11) is -3.68. The number of nitrogens with zero attached hydrogens (tertiary/aromatic N) is 2. The van der Waals surface area contributed by atoms with Gasteiger partial charge in [0.1, 0.15) is 0 Å². The van der Waals surface area contributed by atoms with Crippen molar-refractivity contribution in [2.75, 3.05) is 31.5 Å². The molecule has 0 aliphatic carbocycles. The van der Waals surface area contributed by atoms with E-state index in [1.807, 2.05) is 0 Å². The number of halogens is 3. The van der Waals surface area contributed by atoms with Gasteiger partial charge in [0.15, 0.2) is 0 Å². The van der Waals surface area contributed by atoms with Crippen LogP contribution in [0.5, 0.6) is 0 Å². The standard InChI is InChI=1S/C22H24F3N3O3S/c23-22(24,25)18-5-2-16(3-6-18)15-27-10-1-11-28(13-12-27)32(30,31)19-7-8-20-17(14-19)4-9-21(29)26-20/h2-3,5-8,14H,1,4,9-13,15H2,(H,26,29). The third-order valence-corrected chi connectivity index (χ3v) is 7.74. The van der Waals surface area contributed by atoms with E-state index in [2.05, 4.69) is 10.2 Å². The van der Waals surface area contributed by atoms with Crippen LogP contribution < -0.4 is 5.32 Å². The quantitative estimate of drug-likeness (QED) is 0.748. The predicted octanol–water partition coefficient (Wildman–Crippen LogP) is 3.49. The Balaban J connectivity index is 1.42. The number of alkyl halides is 3. The molecule has 0 atom stereocenters. The summed E-state index contributed by atoms with van der Waals surface area (Å²) >= 11 is 0. The highest BCUT2D eigenvalue weighted by Crippen LogP contribution is 2.30. The topological polar surface area (TPSA) is 69.7 Å². The van der Waals surface area contributed by atoms with Crippen molar-refractivity contribution in [1.29, 1.82) is 0 Å². The largest absolute Gasteiger partial charge is 0.416 e. The van der Waals surface area contributed by atoms with Gasteiger partial charge in [-0.3, -0.25) is 9.69 Å². The third-order valence-electron chi connectivity index (χ3n) is 5.84. The minimum absolute atomic E-state index is 0.0752. The van der Waals surface area contributed by atoms with Crippen LogP contribution in [0.15, 0.2) is 47.4 Å². The molecule has 2 aromatic carbocycles. The molecule has 2 aliphatic heterocycles. The number of amides is 1. The number of hydrogen-bond acceptors (Lipinski definition) is 4. The van der Waals surface area contributed by atoms with Crippen LogP contribution >= 0.6 is 0 Å². The lowest BCUT2D eigenvalue weighted by Crippen LogP contribution is -2.35. The highest BCUT2D eigenvalue weighted by molar-refractivity contribution is 7.89. The lowest BCUT2D eigenvalue weighted by atomic mass is 10.0. The van der Waals surface area contributed by atoms with E-state index in [1.165, 1.54) is 22.5 Å². The first kappa shape index (κ1) is 22.8. The molecule has 32 heavy (non-hydrogen) atoms. The van der Waals surface area contributed by atoms with E-state index in [1.54, 1.807) is 12.1 Å². The molecule has 6 nitrogen and oxygen atoms in total. The first-order valence-electron chi connectivity index (χ1n) is 10.4. The van der Waals surface area contributed by atoms with Gasteiger partial charge in [-0.05, 0) is 60.8 Å². The van der Waals surface area contributed by atoms with E-state index in [-0.39, 0.29) is 10.8 Å². The Morgan fingerprint density at radius 1 is 0.938 bits per heavy atom. The molecule has 2 aromatic rings. The maximum atomic E-state index is 13.2. The van der Waals surface area contributed by atoms with Crippen LogP contribution in [-0.4, -0.2) is 49.7 Å². The number of aryl methyl sites for hydroxylation is 1. The van der Waals surface area contributed by atoms with Crippen LogP contribution in [0.25, 0.3) is 0 Å². The number of carbonyl (C=O) groups excluding carboxylic acids is 1. The number of nitrogens with one attached hydrogen (secondary N) is 1. The Labute approximate surface area is 185 Å². The molecule has 0 bridgehead atoms. The minimum Gasteiger partial charge on any atom is -0.326 e. The molecule has 2 heterocycles. The van der Waals surface area contributed by atoms with Crippen LogP contribution in [0.3, 0.4) is 0 Å². The zero-order valence-corrected chi connectivity index (χ0v) is 18.2. The molecular weight excluding hydrogens is 443 g/mol. The molecule has 1 fully saturated rings. The van der Waals surface area contributed by atoms with Crippen molar-refractivity contribution in [3.05, 3.63) is 59.2 Å². The highest BCUT2D eigenvalue weighted by atomic mass is 32.2. The number of fused-ring (bicyclic) bond motifs is 1. The molecule has 2 aliphatic rings. The van der Waals surface area contributed by atoms with E-state index in [9.17, 15) is 26.4 Å². The zero-order valence-electron chi connectivity index (χ0n) is 17.4. The Morgan fingerprint density at radius 2 is 1.69 bits per heavy atom. The van der Waals surface area contributed by atoms with Gasteiger partial charge in [-0.25, -0.2) is 8.42 Å². The van der Waals surface area contributed by atoms with Crippen molar-refractivity contribution in [3.63, 3.8) is 0 Å². The Bertz CT molecular complexity index is 1100. The first-order valence-corrected chi connectivity index (χ1v) is 11.9. The monoisotopic (exact) mass is 467 g/mol. The third kappa shape index (κ3) is 4.97. The van der Waals surface area contributed by atoms with Crippen molar-refractivity contribution in [3.8, 4) is 0 Å². The van der Waals surface area contributed by atoms with Gasteiger partial charge in [0.25, 0.3) is 0 Å². The summed E-state index contributed by atoms with van der Waals surface area (Å²) < 4.78 is 66.1. The number of carbonyl (C=O) groups is 1. The molecule has 0 radical (unpaired) electrons. The maximum Gasteiger partial charge on any atom is 0.416 e. The summed E-state index contributed by atoms with van der Waals surface area (Å²) in [6.45, 7) is 2.28. The minimum atomic E-state index is -4.36. The van der Waals surface area contributed by atoms with E-state index in [0.717, 1.165) is 23.3 Å². The molecule has 0 unspecified atom stereocenters. The fourth-order valence-corrected chi connectivity index (χ4v) is 5.59. The molecule has 10 heteroatoms. The first-order chi connectivity index (χ1) is 15.1. The smallest absolute Gasteiger partial charge is 0.326 e. The second kappa shape index (κ2) is 8.84. The Kier molecular flexibility index (Phi) is 6.28. The number of anilines is 1. The number of rotatable bonds is 4. The summed E-state index contributed by atoms with van der Waals surface area (Å²) in [6.07, 6.45) is -2.90. The molecule has 0 aromatic heterocycles. The molecule has 172 valence electrons. The predicted molar refractivity (Wildman–Crippen MR) is 113 cm³/mol. The summed E-state index contributed by atoms with van der Waals surface area (Å²) in [6, 6.07) is 9.86. The van der Waals surface area contributed by atoms with Gasteiger partial charge < -0.3 is 5.32 Å². The summed E-state index contributed by atoms with van der Waals surface area (Å²) in [5.74, 6) is -0.0752. The van der Waals surface area contributed by atoms with Gasteiger partial charge in [-0.15, -0.1) is 0 Å². The lowest BCUT2D eigenvalue weighted by Gasteiger charge is -2.23. The Morgan fingerprint density at radius 3 is 2.41 bits per heavy atom. The average molecular weight is 468 g/mol. The second-order valence-electron chi connectivity index (χ2n) is 8.10. The average Bonchev–Trinajstić information content (AvgIpc) is 2.99. The molecule has 0 saturated carbocycles. The SMILES string of the molecule is O=C1CCc2cc(S(=O)(=O)N3CCCN(Cc4ccc(C(F)(F)F)cc4)CC3)ccc2N1. The van der Waals surface area contributed by atoms with Crippen LogP contribution in [0.1, 0.15) is 29.5 Å². The van der Waals surface area contributed by atoms with Crippen molar-refractivity contribution in [2.24, 2.45) is 0 Å². The van der Waals surface area contributed by atoms with Crippen molar-refractivity contribution < 1.29 is 26.4 Å². The second-order valence-corrected chi connectivity index (χ2v) is 10.0. The van der Waals surface area contributed by atoms with Gasteiger partial charge in [-0.1, -0.05) is 12.1 Å². The Hall–Kier alpha value is -2.43. The normalized spacial score (nSPS) is 18.7. The molecule has 1 amide bonds. The molecule has 4 rings (SSSR count). The highest BCUT2D eigenvalue weighted by Gasteiger charge is 2.31. The van der Waals surface area contributed by atoms with Gasteiger partial charge in [0.05, 0.1) is 10.5 Å². The fourth-order valence-electron chi connectivity index (χ4n) is 4.07. The van der Waals surface area contributed by atoms with Gasteiger partial charge in [-0.2, -0.15) is 17.5 Å². The van der Waals surface area contributed by atoms with Crippen LogP contribution in [0, 0.1) is 0 Å². The van der Waals surface area contributed by atoms with Crippen LogP contribution in [-0.2, 0) is 34.0 Å². The maximum absolute atomic E-state index is 13.2. The van der Waals surface area contributed by atoms with Gasteiger partial charge in [0.2, 0.25) is 15.9 Å². The van der Waals surface area contributed by atoms with E-state index < -0.39 is 21.8 Å². The number of sulfonamides is 1. The zero-order chi connectivity index (χ0) is 22.9. The summed E-state index contributed by atoms with van der Waals surface area (Å²) in [4.78, 5) is 13.8. The van der Waals surface area contributed by atoms with E-state index >= 15 is 0 Å². The van der Waals surface area contributed by atoms with Crippen molar-refractivity contribution >= 4 is 21.6 Å². The van der Waals surface area contributed by atoms with Gasteiger partial charge >= 0.3 is 6.18 Å². The van der Waals surface area contributed by atoms with E-state index in [4.69, 9.17) is 0 Å².